The van der Waals surface area contributed by atoms with Gasteiger partial charge in [-0.1, -0.05) is 0 Å². The van der Waals surface area contributed by atoms with E-state index in [9.17, 15) is 9.50 Å². The Hall–Kier alpha value is -2.75. The highest BCUT2D eigenvalue weighted by Crippen LogP contribution is 2.35. The lowest BCUT2D eigenvalue weighted by atomic mass is 9.81. The number of aromatic nitrogens is 4. The number of aromatic amines is 1. The number of H-pyrrole nitrogens is 1. The molecule has 5 N–H and O–H groups in total. The quantitative estimate of drug-likeness (QED) is 0.539. The van der Waals surface area contributed by atoms with E-state index in [0.29, 0.717) is 17.0 Å². The van der Waals surface area contributed by atoms with Gasteiger partial charge in [0.05, 0.1) is 17.5 Å². The molecule has 3 heterocycles. The maximum Gasteiger partial charge on any atom is 0.233 e. The van der Waals surface area contributed by atoms with Crippen LogP contribution in [0.2, 0.25) is 0 Å². The van der Waals surface area contributed by atoms with Gasteiger partial charge < -0.3 is 20.6 Å². The molecule has 0 unspecified atom stereocenters. The Morgan fingerprint density at radius 3 is 2.28 bits per heavy atom. The van der Waals surface area contributed by atoms with E-state index in [4.69, 9.17) is 4.74 Å². The number of hydrogen-bond acceptors (Lipinski definition) is 6. The van der Waals surface area contributed by atoms with Gasteiger partial charge in [-0.15, -0.1) is 22.6 Å². The third kappa shape index (κ3) is 5.53. The molecule has 1 aliphatic rings. The van der Waals surface area contributed by atoms with Crippen LogP contribution in [0, 0.1) is 5.82 Å². The third-order valence-electron chi connectivity index (χ3n) is 5.24. The predicted molar refractivity (Wildman–Crippen MR) is 122 cm³/mol. The van der Waals surface area contributed by atoms with Gasteiger partial charge in [-0.05, 0) is 51.5 Å². The molecule has 0 saturated carbocycles. The molecule has 0 aliphatic carbocycles. The van der Waals surface area contributed by atoms with Gasteiger partial charge in [0.2, 0.25) is 5.88 Å². The summed E-state index contributed by atoms with van der Waals surface area (Å²) in [5.41, 5.74) is 1.34. The van der Waals surface area contributed by atoms with E-state index in [1.165, 1.54) is 12.1 Å². The zero-order valence-electron chi connectivity index (χ0n) is 18.4. The summed E-state index contributed by atoms with van der Waals surface area (Å²) in [5.74, 6) is -0.417. The number of nitrogens with one attached hydrogen (secondary N) is 2. The standard InChI is InChI=1S/C22H26FN5O2.ClH.H2O/c1-21(2)9-15(10-22(3,4)28-21)30-19-6-5-17(26-27-19)20-16(23)7-13(8-18(20)29)14-11-24-25-12-14;;/h5-8,11-12,15,28-29H,9-10H2,1-4H3,(H,24,25);1H;1H2. The summed E-state index contributed by atoms with van der Waals surface area (Å²) in [6.45, 7) is 8.60. The van der Waals surface area contributed by atoms with Crippen LogP contribution in [-0.2, 0) is 0 Å². The van der Waals surface area contributed by atoms with E-state index in [2.05, 4.69) is 53.4 Å². The van der Waals surface area contributed by atoms with Crippen LogP contribution < -0.4 is 10.1 Å². The number of nitrogens with zero attached hydrogens (tertiary/aromatic N) is 3. The molecule has 1 fully saturated rings. The lowest BCUT2D eigenvalue weighted by Crippen LogP contribution is -2.60. The van der Waals surface area contributed by atoms with E-state index >= 15 is 0 Å². The maximum atomic E-state index is 14.7. The molecular weight excluding hydrogens is 437 g/mol. The van der Waals surface area contributed by atoms with Gasteiger partial charge in [-0.2, -0.15) is 5.10 Å². The van der Waals surface area contributed by atoms with Gasteiger partial charge in [0.25, 0.3) is 0 Å². The summed E-state index contributed by atoms with van der Waals surface area (Å²) in [7, 11) is 0. The fourth-order valence-electron chi connectivity index (χ4n) is 4.42. The fourth-order valence-corrected chi connectivity index (χ4v) is 4.42. The van der Waals surface area contributed by atoms with Gasteiger partial charge in [0.15, 0.2) is 0 Å². The number of hydrogen-bond donors (Lipinski definition) is 3. The summed E-state index contributed by atoms with van der Waals surface area (Å²) >= 11 is 0. The molecular formula is C22H29ClFN5O3. The molecule has 1 aliphatic heterocycles. The van der Waals surface area contributed by atoms with Crippen molar-refractivity contribution >= 4 is 12.4 Å². The minimum absolute atomic E-state index is 0. The van der Waals surface area contributed by atoms with Crippen molar-refractivity contribution in [1.82, 2.24) is 25.7 Å². The van der Waals surface area contributed by atoms with E-state index in [0.717, 1.165) is 12.8 Å². The Morgan fingerprint density at radius 2 is 1.75 bits per heavy atom. The van der Waals surface area contributed by atoms with Crippen LogP contribution in [-0.4, -0.2) is 48.2 Å². The van der Waals surface area contributed by atoms with Crippen LogP contribution >= 0.6 is 12.4 Å². The highest BCUT2D eigenvalue weighted by Gasteiger charge is 2.38. The highest BCUT2D eigenvalue weighted by atomic mass is 35.5. The Kier molecular flexibility index (Phi) is 7.49. The first-order valence-electron chi connectivity index (χ1n) is 9.94. The van der Waals surface area contributed by atoms with Crippen LogP contribution in [0.15, 0.2) is 36.7 Å². The van der Waals surface area contributed by atoms with Gasteiger partial charge in [-0.25, -0.2) is 4.39 Å². The molecule has 2 aromatic heterocycles. The van der Waals surface area contributed by atoms with Crippen LogP contribution in [0.25, 0.3) is 22.4 Å². The first-order valence-corrected chi connectivity index (χ1v) is 9.94. The fraction of sp³-hybridized carbons (Fsp3) is 0.409. The summed E-state index contributed by atoms with van der Waals surface area (Å²) < 4.78 is 20.8. The minimum atomic E-state index is -0.587. The third-order valence-corrected chi connectivity index (χ3v) is 5.24. The van der Waals surface area contributed by atoms with Crippen LogP contribution in [0.5, 0.6) is 11.6 Å². The smallest absolute Gasteiger partial charge is 0.233 e. The Balaban J connectivity index is 0.00000181. The molecule has 1 saturated heterocycles. The number of ether oxygens (including phenoxy) is 1. The number of piperidine rings is 1. The second kappa shape index (κ2) is 9.40. The van der Waals surface area contributed by atoms with Crippen molar-refractivity contribution in [2.45, 2.75) is 57.7 Å². The number of phenolic OH excluding ortho intramolecular Hbond substituents is 1. The lowest BCUT2D eigenvalue weighted by Gasteiger charge is -2.46. The van der Waals surface area contributed by atoms with Crippen molar-refractivity contribution < 1.29 is 19.7 Å². The average Bonchev–Trinajstić information content (AvgIpc) is 3.14. The Labute approximate surface area is 192 Å². The molecule has 0 spiro atoms. The van der Waals surface area contributed by atoms with Crippen molar-refractivity contribution in [3.05, 3.63) is 42.5 Å². The summed E-state index contributed by atoms with van der Waals surface area (Å²) in [6.07, 6.45) is 4.86. The van der Waals surface area contributed by atoms with Crippen molar-refractivity contribution in [2.24, 2.45) is 0 Å². The van der Waals surface area contributed by atoms with Crippen LogP contribution in [0.3, 0.4) is 0 Å². The lowest BCUT2D eigenvalue weighted by molar-refractivity contribution is 0.0524. The number of aromatic hydroxyl groups is 1. The molecule has 32 heavy (non-hydrogen) atoms. The zero-order chi connectivity index (χ0) is 21.5. The van der Waals surface area contributed by atoms with Crippen molar-refractivity contribution in [2.75, 3.05) is 0 Å². The maximum absolute atomic E-state index is 14.7. The monoisotopic (exact) mass is 465 g/mol. The molecule has 8 nitrogen and oxygen atoms in total. The van der Waals surface area contributed by atoms with E-state index in [1.807, 2.05) is 0 Å². The predicted octanol–water partition coefficient (Wildman–Crippen LogP) is 3.66. The molecule has 0 bridgehead atoms. The molecule has 3 aromatic rings. The van der Waals surface area contributed by atoms with Gasteiger partial charge >= 0.3 is 0 Å². The zero-order valence-corrected chi connectivity index (χ0v) is 19.3. The van der Waals surface area contributed by atoms with Crippen LogP contribution in [0.4, 0.5) is 4.39 Å². The minimum Gasteiger partial charge on any atom is -0.507 e. The molecule has 0 amide bonds. The van der Waals surface area contributed by atoms with Gasteiger partial charge in [0.1, 0.15) is 17.7 Å². The Morgan fingerprint density at radius 1 is 1.06 bits per heavy atom. The molecule has 10 heteroatoms. The molecule has 1 aromatic carbocycles. The first-order chi connectivity index (χ1) is 14.1. The number of benzene rings is 1. The topological polar surface area (TPSA) is 127 Å². The number of halogens is 2. The van der Waals surface area contributed by atoms with Gasteiger partial charge in [0, 0.05) is 41.7 Å². The summed E-state index contributed by atoms with van der Waals surface area (Å²) in [4.78, 5) is 0. The SMILES string of the molecule is CC1(C)CC(Oc2ccc(-c3c(O)cc(-c4cn[nH]c4)cc3F)nn2)CC(C)(C)N1.Cl.O. The van der Waals surface area contributed by atoms with E-state index in [-0.39, 0.29) is 52.1 Å². The first kappa shape index (κ1) is 25.5. The van der Waals surface area contributed by atoms with E-state index in [1.54, 1.807) is 24.5 Å². The summed E-state index contributed by atoms with van der Waals surface area (Å²) in [6, 6.07) is 6.09. The summed E-state index contributed by atoms with van der Waals surface area (Å²) in [5, 5.41) is 28.7. The van der Waals surface area contributed by atoms with Crippen molar-refractivity contribution in [3.8, 4) is 34.0 Å². The molecule has 174 valence electrons. The second-order valence-corrected chi connectivity index (χ2v) is 9.14. The number of rotatable bonds is 4. The normalized spacial score (nSPS) is 17.2. The molecule has 0 atom stereocenters. The Bertz CT molecular complexity index is 1000. The second-order valence-electron chi connectivity index (χ2n) is 9.14. The van der Waals surface area contributed by atoms with Crippen molar-refractivity contribution in [3.63, 3.8) is 0 Å². The average molecular weight is 466 g/mol. The van der Waals surface area contributed by atoms with Crippen LogP contribution in [0.1, 0.15) is 40.5 Å². The van der Waals surface area contributed by atoms with Crippen molar-refractivity contribution in [1.29, 1.82) is 0 Å². The van der Waals surface area contributed by atoms with E-state index < -0.39 is 5.82 Å². The van der Waals surface area contributed by atoms with Gasteiger partial charge in [-0.3, -0.25) is 5.10 Å². The number of phenols is 1. The molecule has 4 rings (SSSR count). The highest BCUT2D eigenvalue weighted by molar-refractivity contribution is 5.85. The molecule has 0 radical (unpaired) electrons. The largest absolute Gasteiger partial charge is 0.507 e.